The number of primary amides is 1. The monoisotopic (exact) mass is 274 g/mol. The average Bonchev–Trinajstić information content (AvgIpc) is 1.84. The van der Waals surface area contributed by atoms with Crippen LogP contribution in [0.2, 0.25) is 0 Å². The van der Waals surface area contributed by atoms with Crippen LogP contribution in [-0.4, -0.2) is 49.7 Å². The quantitative estimate of drug-likeness (QED) is 0.427. The maximum atomic E-state index is 10.5. The summed E-state index contributed by atoms with van der Waals surface area (Å²) in [4.78, 5) is 10.5. The highest BCUT2D eigenvalue weighted by Crippen LogP contribution is 2.00. The van der Waals surface area contributed by atoms with E-state index < -0.39 is 10.9 Å². The molecule has 13 heavy (non-hydrogen) atoms. The van der Waals surface area contributed by atoms with E-state index in [0.717, 1.165) is 11.0 Å². The Morgan fingerprint density at radius 2 is 2.00 bits per heavy atom. The van der Waals surface area contributed by atoms with E-state index in [0.29, 0.717) is 6.61 Å². The molecule has 0 bridgehead atoms. The molecule has 0 fully saturated rings. The van der Waals surface area contributed by atoms with Gasteiger partial charge in [0.2, 0.25) is 0 Å². The second-order valence-corrected chi connectivity index (χ2v) is 4.43. The molecule has 0 aromatic carbocycles. The molecule has 80 valence electrons. The lowest BCUT2D eigenvalue weighted by Gasteiger charge is -2.23. The molecule has 0 spiro atoms. The summed E-state index contributed by atoms with van der Waals surface area (Å²) in [6.07, 6.45) is 0. The van der Waals surface area contributed by atoms with Crippen molar-refractivity contribution in [3.8, 4) is 0 Å². The highest BCUT2D eigenvalue weighted by atomic mass is 79.9. The van der Waals surface area contributed by atoms with Gasteiger partial charge in [-0.05, 0) is 15.9 Å². The van der Waals surface area contributed by atoms with Gasteiger partial charge in [-0.25, -0.2) is 0 Å². The van der Waals surface area contributed by atoms with E-state index >= 15 is 0 Å². The third-order valence-corrected chi connectivity index (χ3v) is 1.97. The molecule has 0 aliphatic carbocycles. The predicted octanol–water partition coefficient (Wildman–Crippen LogP) is -3.08. The van der Waals surface area contributed by atoms with Gasteiger partial charge in [0.25, 0.3) is 5.91 Å². The number of carbonyl (C=O) groups is 1. The molecule has 0 saturated heterocycles. The molecule has 0 aromatic heterocycles. The summed E-state index contributed by atoms with van der Waals surface area (Å²) in [5, 5.41) is -0.663. The number of amides is 1. The van der Waals surface area contributed by atoms with Crippen molar-refractivity contribution in [1.82, 2.24) is 0 Å². The lowest BCUT2D eigenvalue weighted by Crippen LogP contribution is -3.00. The number of carbonyl (C=O) groups excluding carboxylic acids is 1. The molecule has 0 aliphatic heterocycles. The Hall–Kier alpha value is 0.160. The van der Waals surface area contributed by atoms with Crippen LogP contribution in [-0.2, 0) is 9.53 Å². The number of rotatable bonds is 5. The van der Waals surface area contributed by atoms with Gasteiger partial charge in [0.15, 0.2) is 5.01 Å². The van der Waals surface area contributed by atoms with Crippen molar-refractivity contribution in [3.63, 3.8) is 0 Å². The Kier molecular flexibility index (Phi) is 7.92. The minimum atomic E-state index is -0.663. The Morgan fingerprint density at radius 1 is 1.54 bits per heavy atom. The molecule has 1 unspecified atom stereocenters. The fourth-order valence-electron chi connectivity index (χ4n) is 0.512. The van der Waals surface area contributed by atoms with Crippen LogP contribution in [0.15, 0.2) is 0 Å². The number of alkyl halides is 1. The second-order valence-electron chi connectivity index (χ2n) is 3.60. The van der Waals surface area contributed by atoms with E-state index in [9.17, 15) is 4.79 Å². The van der Waals surface area contributed by atoms with E-state index in [-0.39, 0.29) is 12.4 Å². The van der Waals surface area contributed by atoms with E-state index in [2.05, 4.69) is 37.1 Å². The number of ether oxygens (including phenoxy) is 1. The van der Waals surface area contributed by atoms with Gasteiger partial charge < -0.3 is 27.4 Å². The smallest absolute Gasteiger partial charge is 0.257 e. The first kappa shape index (κ1) is 15.6. The number of nitrogens with zero attached hydrogens (tertiary/aromatic N) is 1. The van der Waals surface area contributed by atoms with Crippen molar-refractivity contribution in [3.05, 3.63) is 0 Å². The first-order chi connectivity index (χ1) is 5.33. The summed E-state index contributed by atoms with van der Waals surface area (Å²) in [5.41, 5.74) is 4.97. The van der Waals surface area contributed by atoms with Gasteiger partial charge in [-0.1, -0.05) is 0 Å². The van der Waals surface area contributed by atoms with Crippen LogP contribution < -0.4 is 18.1 Å². The van der Waals surface area contributed by atoms with E-state index in [4.69, 9.17) is 10.5 Å². The van der Waals surface area contributed by atoms with Gasteiger partial charge in [0, 0.05) is 0 Å². The first-order valence-electron chi connectivity index (χ1n) is 3.68. The van der Waals surface area contributed by atoms with Gasteiger partial charge in [0.1, 0.15) is 6.54 Å². The standard InChI is InChI=1S/C7H15BrN2O2.ClH/c1-10(2,3)4-5-12-6(8)7(9)11;/h6H,4-5H2,1-3H3,(H-,9,11);1H. The predicted molar refractivity (Wildman–Crippen MR) is 50.8 cm³/mol. The summed E-state index contributed by atoms with van der Waals surface area (Å²) in [7, 11) is 6.16. The van der Waals surface area contributed by atoms with E-state index in [1.165, 1.54) is 0 Å². The highest BCUT2D eigenvalue weighted by Gasteiger charge is 2.13. The van der Waals surface area contributed by atoms with Crippen LogP contribution in [0.4, 0.5) is 0 Å². The van der Waals surface area contributed by atoms with E-state index in [1.54, 1.807) is 0 Å². The maximum Gasteiger partial charge on any atom is 0.257 e. The van der Waals surface area contributed by atoms with E-state index in [1.807, 2.05) is 0 Å². The molecule has 4 nitrogen and oxygen atoms in total. The molecule has 0 heterocycles. The Labute approximate surface area is 93.5 Å². The summed E-state index contributed by atoms with van der Waals surface area (Å²) in [6.45, 7) is 1.36. The Bertz CT molecular complexity index is 161. The number of likely N-dealkylation sites (N-methyl/N-ethyl adjacent to an activating group) is 1. The van der Waals surface area contributed by atoms with Crippen molar-refractivity contribution >= 4 is 21.8 Å². The Morgan fingerprint density at radius 3 is 2.31 bits per heavy atom. The second kappa shape index (κ2) is 6.59. The molecule has 2 N–H and O–H groups in total. The van der Waals surface area contributed by atoms with Crippen LogP contribution in [0.25, 0.3) is 0 Å². The average molecular weight is 276 g/mol. The van der Waals surface area contributed by atoms with Crippen LogP contribution >= 0.6 is 15.9 Å². The highest BCUT2D eigenvalue weighted by molar-refractivity contribution is 9.09. The minimum Gasteiger partial charge on any atom is -1.00 e. The molecular formula is C7H16BrClN2O2. The normalized spacial score (nSPS) is 13.2. The number of hydrogen-bond donors (Lipinski definition) is 1. The fraction of sp³-hybridized carbons (Fsp3) is 0.857. The number of hydrogen-bond acceptors (Lipinski definition) is 2. The Balaban J connectivity index is 0. The topological polar surface area (TPSA) is 52.3 Å². The van der Waals surface area contributed by atoms with Crippen molar-refractivity contribution in [1.29, 1.82) is 0 Å². The molecule has 0 aromatic rings. The zero-order valence-corrected chi connectivity index (χ0v) is 10.4. The van der Waals surface area contributed by atoms with Crippen LogP contribution in [0.5, 0.6) is 0 Å². The number of nitrogens with two attached hydrogens (primary N) is 1. The van der Waals surface area contributed by atoms with Gasteiger partial charge >= 0.3 is 0 Å². The van der Waals surface area contributed by atoms with Crippen molar-refractivity contribution in [2.75, 3.05) is 34.3 Å². The number of quaternary nitrogens is 1. The lowest BCUT2D eigenvalue weighted by molar-refractivity contribution is -0.870. The van der Waals surface area contributed by atoms with Crippen LogP contribution in [0, 0.1) is 0 Å². The molecule has 1 atom stereocenters. The third kappa shape index (κ3) is 10.1. The van der Waals surface area contributed by atoms with Gasteiger partial charge in [0.05, 0.1) is 27.7 Å². The molecule has 1 amide bonds. The first-order valence-corrected chi connectivity index (χ1v) is 4.60. The molecular weight excluding hydrogens is 259 g/mol. The fourth-order valence-corrected chi connectivity index (χ4v) is 0.699. The van der Waals surface area contributed by atoms with Crippen LogP contribution in [0.3, 0.4) is 0 Å². The zero-order chi connectivity index (χ0) is 9.78. The third-order valence-electron chi connectivity index (χ3n) is 1.25. The minimum absolute atomic E-state index is 0. The molecule has 0 aliphatic rings. The van der Waals surface area contributed by atoms with Crippen molar-refractivity contribution in [2.24, 2.45) is 5.73 Å². The van der Waals surface area contributed by atoms with Gasteiger partial charge in [-0.15, -0.1) is 0 Å². The zero-order valence-electron chi connectivity index (χ0n) is 8.09. The summed E-state index contributed by atoms with van der Waals surface area (Å²) >= 11 is 3.01. The van der Waals surface area contributed by atoms with Gasteiger partial charge in [-0.2, -0.15) is 0 Å². The molecule has 6 heteroatoms. The molecule has 0 rings (SSSR count). The van der Waals surface area contributed by atoms with Gasteiger partial charge in [-0.3, -0.25) is 4.79 Å². The summed E-state index contributed by atoms with van der Waals surface area (Å²) in [6, 6.07) is 0. The summed E-state index contributed by atoms with van der Waals surface area (Å²) < 4.78 is 5.91. The van der Waals surface area contributed by atoms with Crippen LogP contribution in [0.1, 0.15) is 0 Å². The molecule has 0 radical (unpaired) electrons. The van der Waals surface area contributed by atoms with Crippen molar-refractivity contribution < 1.29 is 26.4 Å². The SMILES string of the molecule is C[N+](C)(C)CCOC(Br)C(N)=O.[Cl-]. The van der Waals surface area contributed by atoms with Crippen molar-refractivity contribution in [2.45, 2.75) is 5.01 Å². The maximum absolute atomic E-state index is 10.5. The number of halogens is 2. The molecule has 0 saturated carbocycles. The summed E-state index contributed by atoms with van der Waals surface area (Å²) in [5.74, 6) is -0.489. The largest absolute Gasteiger partial charge is 1.00 e. The lowest BCUT2D eigenvalue weighted by atomic mass is 10.5.